The largest absolute Gasteiger partial charge is 0.339 e. The molecule has 0 radical (unpaired) electrons. The number of hydrogen-bond acceptors (Lipinski definition) is 6. The number of rotatable bonds is 4. The maximum Gasteiger partial charge on any atom is 0.274 e. The van der Waals surface area contributed by atoms with Crippen LogP contribution < -0.4 is 5.32 Å². The summed E-state index contributed by atoms with van der Waals surface area (Å²) in [5.41, 5.74) is 0.535. The molecule has 1 amide bonds. The highest BCUT2D eigenvalue weighted by Crippen LogP contribution is 2.39. The van der Waals surface area contributed by atoms with E-state index >= 15 is 0 Å². The van der Waals surface area contributed by atoms with E-state index in [2.05, 4.69) is 20.6 Å². The summed E-state index contributed by atoms with van der Waals surface area (Å²) in [7, 11) is 0. The molecule has 5 rings (SSSR count). The predicted octanol–water partition coefficient (Wildman–Crippen LogP) is 2.09. The first-order valence-electron chi connectivity index (χ1n) is 10.2. The molecule has 8 heteroatoms. The minimum atomic E-state index is 0.00753. The molecular weight excluding hydrogens is 344 g/mol. The molecule has 3 fully saturated rings. The van der Waals surface area contributed by atoms with E-state index < -0.39 is 0 Å². The molecule has 0 bridgehead atoms. The van der Waals surface area contributed by atoms with Crippen LogP contribution in [0.4, 0.5) is 0 Å². The molecule has 1 aliphatic carbocycles. The molecule has 1 saturated carbocycles. The van der Waals surface area contributed by atoms with Gasteiger partial charge in [-0.05, 0) is 51.1 Å². The van der Waals surface area contributed by atoms with Crippen molar-refractivity contribution in [2.45, 2.75) is 56.4 Å². The third kappa shape index (κ3) is 3.50. The lowest BCUT2D eigenvalue weighted by atomic mass is 9.97. The minimum Gasteiger partial charge on any atom is -0.339 e. The van der Waals surface area contributed by atoms with Crippen LogP contribution in [-0.2, 0) is 0 Å². The van der Waals surface area contributed by atoms with Gasteiger partial charge in [-0.25, -0.2) is 0 Å². The van der Waals surface area contributed by atoms with Crippen LogP contribution in [0.15, 0.2) is 16.8 Å². The fourth-order valence-electron chi connectivity index (χ4n) is 4.16. The number of carbonyl (C=O) groups is 1. The molecule has 8 nitrogen and oxygen atoms in total. The van der Waals surface area contributed by atoms with Crippen molar-refractivity contribution < 1.29 is 9.32 Å². The normalized spacial score (nSPS) is 26.3. The summed E-state index contributed by atoms with van der Waals surface area (Å²) in [6, 6.07) is 2.19. The first-order valence-corrected chi connectivity index (χ1v) is 10.2. The first-order chi connectivity index (χ1) is 13.3. The van der Waals surface area contributed by atoms with Gasteiger partial charge in [0.1, 0.15) is 5.69 Å². The van der Waals surface area contributed by atoms with E-state index in [1.165, 1.54) is 0 Å². The van der Waals surface area contributed by atoms with Crippen molar-refractivity contribution >= 4 is 5.91 Å². The van der Waals surface area contributed by atoms with Gasteiger partial charge in [-0.1, -0.05) is 5.16 Å². The van der Waals surface area contributed by atoms with E-state index in [9.17, 15) is 4.79 Å². The number of piperidine rings is 2. The third-order valence-corrected chi connectivity index (χ3v) is 5.93. The summed E-state index contributed by atoms with van der Waals surface area (Å²) in [6.07, 6.45) is 8.44. The average molecular weight is 370 g/mol. The fourth-order valence-corrected chi connectivity index (χ4v) is 4.16. The topological polar surface area (TPSA) is 89.1 Å². The molecule has 4 heterocycles. The molecule has 2 unspecified atom stereocenters. The maximum atomic E-state index is 13.0. The van der Waals surface area contributed by atoms with Crippen LogP contribution in [0.5, 0.6) is 0 Å². The lowest BCUT2D eigenvalue weighted by molar-refractivity contribution is 0.0696. The van der Waals surface area contributed by atoms with Gasteiger partial charge < -0.3 is 14.7 Å². The summed E-state index contributed by atoms with van der Waals surface area (Å²) in [5, 5.41) is 12.2. The summed E-state index contributed by atoms with van der Waals surface area (Å²) in [6.45, 7) is 3.39. The van der Waals surface area contributed by atoms with E-state index in [4.69, 9.17) is 4.52 Å². The van der Waals surface area contributed by atoms with Crippen molar-refractivity contribution in [3.8, 4) is 0 Å². The molecule has 2 saturated heterocycles. The Morgan fingerprint density at radius 3 is 2.93 bits per heavy atom. The minimum absolute atomic E-state index is 0.00753. The van der Waals surface area contributed by atoms with Crippen LogP contribution in [0.25, 0.3) is 0 Å². The Bertz CT molecular complexity index is 805. The van der Waals surface area contributed by atoms with Crippen molar-refractivity contribution in [2.24, 2.45) is 0 Å². The van der Waals surface area contributed by atoms with Gasteiger partial charge in [-0.3, -0.25) is 9.48 Å². The van der Waals surface area contributed by atoms with Gasteiger partial charge in [-0.2, -0.15) is 10.1 Å². The second kappa shape index (κ2) is 7.07. The summed E-state index contributed by atoms with van der Waals surface area (Å²) in [5.74, 6) is 2.16. The zero-order valence-electron chi connectivity index (χ0n) is 15.5. The monoisotopic (exact) mass is 370 g/mol. The summed E-state index contributed by atoms with van der Waals surface area (Å²) >= 11 is 0. The molecular formula is C19H26N6O2. The van der Waals surface area contributed by atoms with Crippen LogP contribution >= 0.6 is 0 Å². The Morgan fingerprint density at radius 2 is 2.11 bits per heavy atom. The Kier molecular flexibility index (Phi) is 4.43. The number of nitrogens with one attached hydrogen (secondary N) is 1. The lowest BCUT2D eigenvalue weighted by Crippen LogP contribution is -2.39. The number of hydrogen-bond donors (Lipinski definition) is 1. The number of likely N-dealkylation sites (tertiary alicyclic amines) is 1. The lowest BCUT2D eigenvalue weighted by Gasteiger charge is -2.30. The molecule has 1 N–H and O–H groups in total. The second-order valence-corrected chi connectivity index (χ2v) is 8.04. The van der Waals surface area contributed by atoms with E-state index in [0.717, 1.165) is 69.9 Å². The van der Waals surface area contributed by atoms with E-state index in [0.29, 0.717) is 24.2 Å². The fraction of sp³-hybridized carbons (Fsp3) is 0.684. The molecule has 0 spiro atoms. The second-order valence-electron chi connectivity index (χ2n) is 8.04. The number of carbonyl (C=O) groups excluding carboxylic acids is 1. The molecule has 2 atom stereocenters. The van der Waals surface area contributed by atoms with E-state index in [1.54, 1.807) is 0 Å². The van der Waals surface area contributed by atoms with Crippen LogP contribution in [0.1, 0.15) is 78.6 Å². The summed E-state index contributed by atoms with van der Waals surface area (Å²) in [4.78, 5) is 19.4. The zero-order valence-corrected chi connectivity index (χ0v) is 15.5. The first kappa shape index (κ1) is 16.9. The van der Waals surface area contributed by atoms with Crippen molar-refractivity contribution in [1.29, 1.82) is 0 Å². The van der Waals surface area contributed by atoms with Crippen LogP contribution in [0, 0.1) is 0 Å². The number of aromatic nitrogens is 4. The van der Waals surface area contributed by atoms with Gasteiger partial charge in [0, 0.05) is 37.7 Å². The number of nitrogens with zero attached hydrogens (tertiary/aromatic N) is 5. The van der Waals surface area contributed by atoms with Crippen molar-refractivity contribution in [2.75, 3.05) is 26.2 Å². The SMILES string of the molecule is O=C(c1ccn(C2CCCNC2)n1)N1CCCC(c2noc(C3CC3)n2)C1. The smallest absolute Gasteiger partial charge is 0.274 e. The van der Waals surface area contributed by atoms with Gasteiger partial charge in [0.25, 0.3) is 5.91 Å². The predicted molar refractivity (Wildman–Crippen MR) is 97.5 cm³/mol. The Hall–Kier alpha value is -2.22. The molecule has 144 valence electrons. The Balaban J connectivity index is 1.26. The Labute approximate surface area is 158 Å². The molecule has 2 aliphatic heterocycles. The van der Waals surface area contributed by atoms with Crippen LogP contribution in [-0.4, -0.2) is 56.9 Å². The Morgan fingerprint density at radius 1 is 1.19 bits per heavy atom. The van der Waals surface area contributed by atoms with Gasteiger partial charge in [0.2, 0.25) is 5.89 Å². The van der Waals surface area contributed by atoms with Crippen molar-refractivity contribution in [3.63, 3.8) is 0 Å². The van der Waals surface area contributed by atoms with Gasteiger partial charge in [0.15, 0.2) is 5.82 Å². The molecule has 2 aromatic heterocycles. The van der Waals surface area contributed by atoms with Crippen molar-refractivity contribution in [1.82, 2.24) is 30.1 Å². The highest BCUT2D eigenvalue weighted by Gasteiger charge is 2.33. The van der Waals surface area contributed by atoms with Crippen LogP contribution in [0.2, 0.25) is 0 Å². The van der Waals surface area contributed by atoms with Gasteiger partial charge >= 0.3 is 0 Å². The van der Waals surface area contributed by atoms with Gasteiger partial charge in [-0.15, -0.1) is 0 Å². The quantitative estimate of drug-likeness (QED) is 0.886. The van der Waals surface area contributed by atoms with Crippen LogP contribution in [0.3, 0.4) is 0 Å². The van der Waals surface area contributed by atoms with E-state index in [-0.39, 0.29) is 11.8 Å². The highest BCUT2D eigenvalue weighted by atomic mass is 16.5. The molecule has 3 aliphatic rings. The number of amides is 1. The van der Waals surface area contributed by atoms with Crippen molar-refractivity contribution in [3.05, 3.63) is 29.7 Å². The maximum absolute atomic E-state index is 13.0. The average Bonchev–Trinajstić information content (AvgIpc) is 3.26. The van der Waals surface area contributed by atoms with Gasteiger partial charge in [0.05, 0.1) is 6.04 Å². The molecule has 0 aromatic carbocycles. The molecule has 2 aromatic rings. The summed E-state index contributed by atoms with van der Waals surface area (Å²) < 4.78 is 7.35. The van der Waals surface area contributed by atoms with E-state index in [1.807, 2.05) is 21.8 Å². The zero-order chi connectivity index (χ0) is 18.2. The standard InChI is InChI=1S/C19H26N6O2/c26-19(16-7-10-25(22-16)15-4-1-8-20-11-15)24-9-2-3-14(12-24)17-21-18(27-23-17)13-5-6-13/h7,10,13-15,20H,1-6,8-9,11-12H2. The highest BCUT2D eigenvalue weighted by molar-refractivity contribution is 5.92. The molecule has 27 heavy (non-hydrogen) atoms. The third-order valence-electron chi connectivity index (χ3n) is 5.93.